The summed E-state index contributed by atoms with van der Waals surface area (Å²) in [6.07, 6.45) is 1.45. The molecule has 122 valence electrons. The number of ether oxygens (including phenoxy) is 1. The fourth-order valence-electron chi connectivity index (χ4n) is 1.32. The molecular weight excluding hydrogens is 308 g/mol. The zero-order chi connectivity index (χ0) is 16.6. The summed E-state index contributed by atoms with van der Waals surface area (Å²) in [6.45, 7) is 2.10. The molecule has 1 aromatic carbocycles. The van der Waals surface area contributed by atoms with Crippen LogP contribution < -0.4 is 14.9 Å². The fraction of sp³-hybridized carbons (Fsp3) is 0.385. The van der Waals surface area contributed by atoms with Gasteiger partial charge in [-0.05, 0) is 36.8 Å². The number of amides is 1. The maximum absolute atomic E-state index is 11.5. The van der Waals surface area contributed by atoms with E-state index < -0.39 is 16.1 Å². The molecule has 0 atom stereocenters. The van der Waals surface area contributed by atoms with Crippen LogP contribution in [0, 0.1) is 0 Å². The Hall–Kier alpha value is -1.97. The molecule has 0 aliphatic rings. The summed E-state index contributed by atoms with van der Waals surface area (Å²) in [4.78, 5) is 11.5. The van der Waals surface area contributed by atoms with Crippen LogP contribution in [0.15, 0.2) is 29.4 Å². The third-order valence-electron chi connectivity index (χ3n) is 2.49. The molecule has 0 fully saturated rings. The molecule has 1 aromatic rings. The maximum atomic E-state index is 11.5. The van der Waals surface area contributed by atoms with E-state index in [1.165, 1.54) is 20.3 Å². The van der Waals surface area contributed by atoms with Crippen LogP contribution in [0.2, 0.25) is 0 Å². The van der Waals surface area contributed by atoms with Crippen molar-refractivity contribution in [2.75, 3.05) is 27.2 Å². The van der Waals surface area contributed by atoms with Gasteiger partial charge < -0.3 is 4.74 Å². The summed E-state index contributed by atoms with van der Waals surface area (Å²) < 4.78 is 31.2. The van der Waals surface area contributed by atoms with E-state index in [1.54, 1.807) is 24.3 Å². The predicted molar refractivity (Wildman–Crippen MR) is 84.0 cm³/mol. The van der Waals surface area contributed by atoms with Crippen LogP contribution >= 0.6 is 0 Å². The van der Waals surface area contributed by atoms with Crippen molar-refractivity contribution >= 4 is 22.3 Å². The lowest BCUT2D eigenvalue weighted by Crippen LogP contribution is -2.41. The van der Waals surface area contributed by atoms with E-state index in [1.807, 2.05) is 6.92 Å². The van der Waals surface area contributed by atoms with E-state index in [0.29, 0.717) is 6.61 Å². The third-order valence-corrected chi connectivity index (χ3v) is 3.96. The van der Waals surface area contributed by atoms with Crippen molar-refractivity contribution in [1.82, 2.24) is 14.5 Å². The molecule has 1 amide bonds. The zero-order valence-electron chi connectivity index (χ0n) is 12.7. The molecule has 0 radical (unpaired) electrons. The van der Waals surface area contributed by atoms with Crippen LogP contribution in [-0.4, -0.2) is 52.1 Å². The summed E-state index contributed by atoms with van der Waals surface area (Å²) in [7, 11) is -0.893. The van der Waals surface area contributed by atoms with E-state index >= 15 is 0 Å². The number of hydrogen-bond acceptors (Lipinski definition) is 5. The quantitative estimate of drug-likeness (QED) is 0.515. The Morgan fingerprint density at radius 2 is 1.95 bits per heavy atom. The summed E-state index contributed by atoms with van der Waals surface area (Å²) >= 11 is 0. The Balaban J connectivity index is 2.43. The first-order valence-corrected chi connectivity index (χ1v) is 8.01. The number of nitrogens with zero attached hydrogens (tertiary/aromatic N) is 2. The van der Waals surface area contributed by atoms with Gasteiger partial charge in [0.1, 0.15) is 5.75 Å². The van der Waals surface area contributed by atoms with Crippen molar-refractivity contribution in [1.29, 1.82) is 0 Å². The summed E-state index contributed by atoms with van der Waals surface area (Å²) in [6, 6.07) is 7.15. The highest BCUT2D eigenvalue weighted by Crippen LogP contribution is 2.10. The minimum atomic E-state index is -3.62. The second kappa shape index (κ2) is 8.47. The molecule has 0 spiro atoms. The highest BCUT2D eigenvalue weighted by Gasteiger charge is 2.13. The second-order valence-electron chi connectivity index (χ2n) is 4.40. The topological polar surface area (TPSA) is 100 Å². The monoisotopic (exact) mass is 328 g/mol. The van der Waals surface area contributed by atoms with Crippen molar-refractivity contribution in [2.45, 2.75) is 6.92 Å². The van der Waals surface area contributed by atoms with E-state index in [2.05, 4.69) is 15.2 Å². The van der Waals surface area contributed by atoms with Gasteiger partial charge in [-0.25, -0.2) is 5.43 Å². The van der Waals surface area contributed by atoms with Crippen LogP contribution in [0.4, 0.5) is 0 Å². The molecule has 0 bridgehead atoms. The summed E-state index contributed by atoms with van der Waals surface area (Å²) in [5.41, 5.74) is 3.01. The SMILES string of the molecule is CCOc1ccc(/C=N/NC(=O)CNS(=O)(=O)N(C)C)cc1. The number of hydrazone groups is 1. The maximum Gasteiger partial charge on any atom is 0.279 e. The predicted octanol–water partition coefficient (Wildman–Crippen LogP) is -0.0686. The van der Waals surface area contributed by atoms with Crippen LogP contribution in [0.25, 0.3) is 0 Å². The average molecular weight is 328 g/mol. The lowest BCUT2D eigenvalue weighted by Gasteiger charge is -2.11. The molecule has 2 N–H and O–H groups in total. The van der Waals surface area contributed by atoms with Gasteiger partial charge >= 0.3 is 0 Å². The van der Waals surface area contributed by atoms with Crippen molar-refractivity contribution in [3.05, 3.63) is 29.8 Å². The molecular formula is C13H20N4O4S. The minimum absolute atomic E-state index is 0.388. The van der Waals surface area contributed by atoms with Gasteiger partial charge in [-0.2, -0.15) is 22.5 Å². The van der Waals surface area contributed by atoms with Crippen LogP contribution in [0.3, 0.4) is 0 Å². The molecule has 0 saturated carbocycles. The number of rotatable bonds is 8. The molecule has 0 aliphatic heterocycles. The average Bonchev–Trinajstić information content (AvgIpc) is 2.47. The lowest BCUT2D eigenvalue weighted by molar-refractivity contribution is -0.119. The first kappa shape index (κ1) is 18.1. The van der Waals surface area contributed by atoms with Gasteiger partial charge in [-0.1, -0.05) is 0 Å². The number of carbonyl (C=O) groups excluding carboxylic acids is 1. The first-order chi connectivity index (χ1) is 10.3. The van der Waals surface area contributed by atoms with E-state index in [-0.39, 0.29) is 6.54 Å². The van der Waals surface area contributed by atoms with Gasteiger partial charge in [0.05, 0.1) is 19.4 Å². The van der Waals surface area contributed by atoms with Gasteiger partial charge in [0.25, 0.3) is 16.1 Å². The summed E-state index contributed by atoms with van der Waals surface area (Å²) in [5, 5.41) is 3.75. The van der Waals surface area contributed by atoms with Crippen molar-refractivity contribution in [2.24, 2.45) is 5.10 Å². The lowest BCUT2D eigenvalue weighted by atomic mass is 10.2. The zero-order valence-corrected chi connectivity index (χ0v) is 13.6. The molecule has 9 heteroatoms. The highest BCUT2D eigenvalue weighted by atomic mass is 32.2. The van der Waals surface area contributed by atoms with Gasteiger partial charge in [-0.3, -0.25) is 4.79 Å². The number of hydrogen-bond donors (Lipinski definition) is 2. The fourth-order valence-corrected chi connectivity index (χ4v) is 1.89. The smallest absolute Gasteiger partial charge is 0.279 e. The standard InChI is InChI=1S/C13H20N4O4S/c1-4-21-12-7-5-11(6-8-12)9-14-16-13(18)10-15-22(19,20)17(2)3/h5-9,15H,4,10H2,1-3H3,(H,16,18)/b14-9+. The number of benzene rings is 1. The van der Waals surface area contributed by atoms with Crippen LogP contribution in [-0.2, 0) is 15.0 Å². The Bertz CT molecular complexity index is 611. The molecule has 0 saturated heterocycles. The van der Waals surface area contributed by atoms with Crippen LogP contribution in [0.1, 0.15) is 12.5 Å². The second-order valence-corrected chi connectivity index (χ2v) is 6.37. The van der Waals surface area contributed by atoms with E-state index in [4.69, 9.17) is 4.74 Å². The number of carbonyl (C=O) groups is 1. The minimum Gasteiger partial charge on any atom is -0.494 e. The van der Waals surface area contributed by atoms with Gasteiger partial charge in [-0.15, -0.1) is 0 Å². The molecule has 22 heavy (non-hydrogen) atoms. The van der Waals surface area contributed by atoms with Crippen LogP contribution in [0.5, 0.6) is 5.75 Å². The van der Waals surface area contributed by atoms with Crippen molar-refractivity contribution < 1.29 is 17.9 Å². The van der Waals surface area contributed by atoms with E-state index in [9.17, 15) is 13.2 Å². The van der Waals surface area contributed by atoms with Gasteiger partial charge in [0.15, 0.2) is 0 Å². The Morgan fingerprint density at radius 1 is 1.32 bits per heavy atom. The molecule has 0 aliphatic carbocycles. The number of nitrogens with one attached hydrogen (secondary N) is 2. The Kier molecular flexibility index (Phi) is 6.96. The Morgan fingerprint density at radius 3 is 2.50 bits per heavy atom. The normalized spacial score (nSPS) is 11.8. The molecule has 0 unspecified atom stereocenters. The molecule has 0 heterocycles. The third kappa shape index (κ3) is 6.20. The summed E-state index contributed by atoms with van der Waals surface area (Å²) in [5.74, 6) is 0.189. The molecule has 8 nitrogen and oxygen atoms in total. The Labute approximate surface area is 130 Å². The first-order valence-electron chi connectivity index (χ1n) is 6.57. The van der Waals surface area contributed by atoms with Crippen molar-refractivity contribution in [3.63, 3.8) is 0 Å². The largest absolute Gasteiger partial charge is 0.494 e. The highest BCUT2D eigenvalue weighted by molar-refractivity contribution is 7.87. The van der Waals surface area contributed by atoms with E-state index in [0.717, 1.165) is 15.6 Å². The molecule has 1 rings (SSSR count). The van der Waals surface area contributed by atoms with Crippen molar-refractivity contribution in [3.8, 4) is 5.75 Å². The van der Waals surface area contributed by atoms with Gasteiger partial charge in [0, 0.05) is 14.1 Å². The molecule has 0 aromatic heterocycles. The van der Waals surface area contributed by atoms with Gasteiger partial charge in [0.2, 0.25) is 0 Å².